The first kappa shape index (κ1) is 15.9. The van der Waals surface area contributed by atoms with Crippen LogP contribution >= 0.6 is 0 Å². The molecule has 0 aliphatic rings. The Labute approximate surface area is 116 Å². The van der Waals surface area contributed by atoms with E-state index in [0.29, 0.717) is 0 Å². The Balaban J connectivity index is 2.82. The van der Waals surface area contributed by atoms with Gasteiger partial charge in [-0.2, -0.15) is 0 Å². The number of nitro benzene ring substituents is 1. The van der Waals surface area contributed by atoms with Gasteiger partial charge in [0.15, 0.2) is 6.10 Å². The van der Waals surface area contributed by atoms with Gasteiger partial charge < -0.3 is 9.57 Å². The first-order valence-corrected chi connectivity index (χ1v) is 5.33. The summed E-state index contributed by atoms with van der Waals surface area (Å²) in [5.41, 5.74) is -0.219. The first-order valence-electron chi connectivity index (χ1n) is 5.33. The summed E-state index contributed by atoms with van der Waals surface area (Å²) in [4.78, 5) is 38.6. The minimum atomic E-state index is -1.72. The van der Waals surface area contributed by atoms with Gasteiger partial charge in [-0.25, -0.2) is 0 Å². The van der Waals surface area contributed by atoms with E-state index < -0.39 is 27.5 Å². The van der Waals surface area contributed by atoms with Crippen LogP contribution in [0.1, 0.15) is 6.92 Å². The van der Waals surface area contributed by atoms with E-state index in [1.165, 1.54) is 0 Å². The van der Waals surface area contributed by atoms with E-state index in [1.807, 2.05) is 0 Å². The van der Waals surface area contributed by atoms with Gasteiger partial charge in [-0.1, -0.05) is 0 Å². The highest BCUT2D eigenvalue weighted by Gasteiger charge is 2.26. The molecule has 0 bridgehead atoms. The van der Waals surface area contributed by atoms with Crippen LogP contribution in [0.2, 0.25) is 0 Å². The quantitative estimate of drug-likeness (QED) is 0.389. The van der Waals surface area contributed by atoms with Crippen molar-refractivity contribution >= 4 is 5.69 Å². The van der Waals surface area contributed by atoms with E-state index in [4.69, 9.17) is 4.74 Å². The molecule has 0 aliphatic carbocycles. The molecule has 12 heteroatoms. The number of ether oxygens (including phenoxy) is 1. The first-order chi connectivity index (χ1) is 9.79. The molecule has 1 aromatic rings. The zero-order valence-electron chi connectivity index (χ0n) is 10.5. The van der Waals surface area contributed by atoms with E-state index in [1.54, 1.807) is 0 Å². The zero-order chi connectivity index (χ0) is 16.0. The van der Waals surface area contributed by atoms with Crippen LogP contribution in [0.25, 0.3) is 0 Å². The van der Waals surface area contributed by atoms with Gasteiger partial charge in [0.05, 0.1) is 4.92 Å². The lowest BCUT2D eigenvalue weighted by Crippen LogP contribution is -2.37. The molecule has 0 amide bonds. The molecule has 0 N–H and O–H groups in total. The van der Waals surface area contributed by atoms with Crippen molar-refractivity contribution in [3.8, 4) is 5.75 Å². The highest BCUT2D eigenvalue weighted by atomic mass is 17.0. The van der Waals surface area contributed by atoms with E-state index in [2.05, 4.69) is 9.68 Å². The summed E-state index contributed by atoms with van der Waals surface area (Å²) in [6, 6.07) is 4.51. The molecule has 0 saturated carbocycles. The molecule has 21 heavy (non-hydrogen) atoms. The summed E-state index contributed by atoms with van der Waals surface area (Å²) in [5, 5.41) is 28.6. The lowest BCUT2D eigenvalue weighted by molar-refractivity contribution is -0.806. The summed E-state index contributed by atoms with van der Waals surface area (Å²) in [7, 11) is 0. The Hall–Kier alpha value is -3.18. The molecule has 0 saturated heterocycles. The van der Waals surface area contributed by atoms with E-state index in [-0.39, 0.29) is 11.4 Å². The molecular formula is C9H9N3O9. The summed E-state index contributed by atoms with van der Waals surface area (Å²) < 4.78 is 5.01. The minimum absolute atomic E-state index is 0.0220. The van der Waals surface area contributed by atoms with Gasteiger partial charge in [-0.3, -0.25) is 15.0 Å². The molecule has 0 heterocycles. The Morgan fingerprint density at radius 1 is 0.952 bits per heavy atom. The Morgan fingerprint density at radius 3 is 1.90 bits per heavy atom. The molecule has 0 fully saturated rings. The van der Waals surface area contributed by atoms with Gasteiger partial charge >= 0.3 is 0 Å². The fourth-order valence-electron chi connectivity index (χ4n) is 1.25. The van der Waals surface area contributed by atoms with Crippen LogP contribution in [0, 0.1) is 30.3 Å². The molecule has 0 aromatic heterocycles. The maximum Gasteiger partial charge on any atom is 0.298 e. The average molecular weight is 303 g/mol. The third-order valence-corrected chi connectivity index (χ3v) is 2.13. The lowest BCUT2D eigenvalue weighted by atomic mass is 10.3. The highest BCUT2D eigenvalue weighted by Crippen LogP contribution is 2.20. The third kappa shape index (κ3) is 5.14. The highest BCUT2D eigenvalue weighted by molar-refractivity contribution is 5.36. The van der Waals surface area contributed by atoms with Gasteiger partial charge in [0, 0.05) is 12.1 Å². The zero-order valence-corrected chi connectivity index (χ0v) is 10.5. The Kier molecular flexibility index (Phi) is 5.17. The fourth-order valence-corrected chi connectivity index (χ4v) is 1.25. The smallest absolute Gasteiger partial charge is 0.298 e. The number of nitrogens with zero attached hydrogens (tertiary/aromatic N) is 3. The second-order valence-electron chi connectivity index (χ2n) is 3.60. The van der Waals surface area contributed by atoms with Crippen LogP contribution in [-0.2, 0) is 9.68 Å². The molecule has 114 valence electrons. The second kappa shape index (κ2) is 6.83. The maximum absolute atomic E-state index is 10.5. The standard InChI is InChI=1S/C9H9N3O9/c1-6(20-11(15)16)9(21-12(17)18)19-8-4-2-7(3-5-8)10(13)14/h2-6,9H,1H3. The van der Waals surface area contributed by atoms with E-state index in [0.717, 1.165) is 31.2 Å². The van der Waals surface area contributed by atoms with Crippen molar-refractivity contribution in [1.29, 1.82) is 0 Å². The van der Waals surface area contributed by atoms with E-state index in [9.17, 15) is 30.3 Å². The van der Waals surface area contributed by atoms with Crippen molar-refractivity contribution < 1.29 is 29.5 Å². The third-order valence-electron chi connectivity index (χ3n) is 2.13. The molecule has 0 radical (unpaired) electrons. The molecule has 2 unspecified atom stereocenters. The summed E-state index contributed by atoms with van der Waals surface area (Å²) in [5.74, 6) is -0.0220. The molecule has 12 nitrogen and oxygen atoms in total. The fraction of sp³-hybridized carbons (Fsp3) is 0.333. The topological polar surface area (TPSA) is 157 Å². The number of non-ortho nitro benzene ring substituents is 1. The van der Waals surface area contributed by atoms with Crippen molar-refractivity contribution in [1.82, 2.24) is 0 Å². The van der Waals surface area contributed by atoms with Crippen molar-refractivity contribution in [2.24, 2.45) is 0 Å². The molecule has 1 rings (SSSR count). The van der Waals surface area contributed by atoms with Crippen LogP contribution in [0.3, 0.4) is 0 Å². The van der Waals surface area contributed by atoms with Crippen LogP contribution in [-0.4, -0.2) is 27.5 Å². The molecule has 0 spiro atoms. The van der Waals surface area contributed by atoms with Crippen LogP contribution in [0.15, 0.2) is 24.3 Å². The van der Waals surface area contributed by atoms with Crippen LogP contribution < -0.4 is 4.74 Å². The van der Waals surface area contributed by atoms with Crippen molar-refractivity contribution in [2.75, 3.05) is 0 Å². The number of hydrogen-bond acceptors (Lipinski definition) is 9. The predicted octanol–water partition coefficient (Wildman–Crippen LogP) is 1.10. The largest absolute Gasteiger partial charge is 0.462 e. The molecule has 0 aliphatic heterocycles. The van der Waals surface area contributed by atoms with Gasteiger partial charge in [-0.05, 0) is 19.1 Å². The predicted molar refractivity (Wildman–Crippen MR) is 63.1 cm³/mol. The number of hydrogen-bond donors (Lipinski definition) is 0. The molecule has 1 aromatic carbocycles. The molecular weight excluding hydrogens is 294 g/mol. The van der Waals surface area contributed by atoms with Crippen molar-refractivity contribution in [3.63, 3.8) is 0 Å². The monoisotopic (exact) mass is 303 g/mol. The van der Waals surface area contributed by atoms with Crippen molar-refractivity contribution in [2.45, 2.75) is 19.3 Å². The normalized spacial score (nSPS) is 12.8. The van der Waals surface area contributed by atoms with Gasteiger partial charge in [0.25, 0.3) is 22.2 Å². The van der Waals surface area contributed by atoms with Gasteiger partial charge in [-0.15, -0.1) is 20.2 Å². The van der Waals surface area contributed by atoms with E-state index >= 15 is 0 Å². The van der Waals surface area contributed by atoms with Gasteiger partial charge in [0.2, 0.25) is 0 Å². The number of benzene rings is 1. The summed E-state index contributed by atoms with van der Waals surface area (Å²) >= 11 is 0. The number of nitro groups is 1. The SMILES string of the molecule is CC(O[N+](=O)[O-])C(Oc1ccc([N+](=O)[O-])cc1)O[N+](=O)[O-]. The van der Waals surface area contributed by atoms with Crippen molar-refractivity contribution in [3.05, 3.63) is 54.6 Å². The summed E-state index contributed by atoms with van der Waals surface area (Å²) in [6.07, 6.45) is -3.12. The maximum atomic E-state index is 10.5. The average Bonchev–Trinajstić information content (AvgIpc) is 2.37. The van der Waals surface area contributed by atoms with Gasteiger partial charge in [0.1, 0.15) is 5.75 Å². The lowest BCUT2D eigenvalue weighted by Gasteiger charge is -2.21. The Bertz CT molecular complexity index is 532. The Morgan fingerprint density at radius 2 is 1.48 bits per heavy atom. The molecule has 2 atom stereocenters. The van der Waals surface area contributed by atoms with Crippen LogP contribution in [0.4, 0.5) is 5.69 Å². The second-order valence-corrected chi connectivity index (χ2v) is 3.60. The van der Waals surface area contributed by atoms with Crippen LogP contribution in [0.5, 0.6) is 5.75 Å². The number of rotatable bonds is 8. The minimum Gasteiger partial charge on any atom is -0.462 e. The summed E-state index contributed by atoms with van der Waals surface area (Å²) in [6.45, 7) is 1.13.